The van der Waals surface area contributed by atoms with Crippen molar-refractivity contribution in [2.75, 3.05) is 25.0 Å². The Labute approximate surface area is 125 Å². The van der Waals surface area contributed by atoms with Gasteiger partial charge in [0.25, 0.3) is 0 Å². The van der Waals surface area contributed by atoms with E-state index in [-0.39, 0.29) is 11.6 Å². The van der Waals surface area contributed by atoms with Gasteiger partial charge in [0.1, 0.15) is 5.82 Å². The second kappa shape index (κ2) is 5.97. The molecule has 1 N–H and O–H groups in total. The van der Waals surface area contributed by atoms with Gasteiger partial charge in [-0.2, -0.15) is 0 Å². The molecule has 6 nitrogen and oxygen atoms in total. The molecule has 116 valence electrons. The molecule has 2 heterocycles. The molecule has 2 atom stereocenters. The van der Waals surface area contributed by atoms with Crippen LogP contribution in [0.5, 0.6) is 0 Å². The number of aromatic carboxylic acids is 1. The van der Waals surface area contributed by atoms with Crippen LogP contribution in [0.15, 0.2) is 6.20 Å². The topological polar surface area (TPSA) is 69.6 Å². The van der Waals surface area contributed by atoms with E-state index >= 15 is 0 Å². The van der Waals surface area contributed by atoms with Crippen LogP contribution in [0.1, 0.15) is 49.9 Å². The fourth-order valence-corrected chi connectivity index (χ4v) is 2.66. The predicted octanol–water partition coefficient (Wildman–Crippen LogP) is 1.83. The zero-order valence-electron chi connectivity index (χ0n) is 13.4. The monoisotopic (exact) mass is 292 g/mol. The lowest BCUT2D eigenvalue weighted by molar-refractivity contribution is 0.0690. The van der Waals surface area contributed by atoms with Crippen molar-refractivity contribution in [1.82, 2.24) is 14.9 Å². The summed E-state index contributed by atoms with van der Waals surface area (Å²) in [5.74, 6) is -0.303. The molecule has 0 saturated carbocycles. The SMILES string of the molecule is CC(C)c1ncc(N2CC(C)N(C)C(C)C2)c(C(=O)O)n1. The Kier molecular flexibility index (Phi) is 4.46. The van der Waals surface area contributed by atoms with Gasteiger partial charge in [-0.1, -0.05) is 13.8 Å². The average molecular weight is 292 g/mol. The predicted molar refractivity (Wildman–Crippen MR) is 82.0 cm³/mol. The Morgan fingerprint density at radius 3 is 2.38 bits per heavy atom. The van der Waals surface area contributed by atoms with E-state index in [0.29, 0.717) is 23.6 Å². The first-order valence-electron chi connectivity index (χ1n) is 7.38. The quantitative estimate of drug-likeness (QED) is 0.916. The fourth-order valence-electron chi connectivity index (χ4n) is 2.66. The number of anilines is 1. The number of carboxylic acids is 1. The molecule has 1 aliphatic heterocycles. The van der Waals surface area contributed by atoms with Crippen LogP contribution >= 0.6 is 0 Å². The Morgan fingerprint density at radius 1 is 1.33 bits per heavy atom. The first kappa shape index (κ1) is 15.7. The highest BCUT2D eigenvalue weighted by Crippen LogP contribution is 2.25. The van der Waals surface area contributed by atoms with Crippen LogP contribution in [0.25, 0.3) is 0 Å². The fraction of sp³-hybridized carbons (Fsp3) is 0.667. The van der Waals surface area contributed by atoms with Gasteiger partial charge in [-0.3, -0.25) is 4.90 Å². The van der Waals surface area contributed by atoms with Gasteiger partial charge >= 0.3 is 5.97 Å². The molecule has 2 unspecified atom stereocenters. The molecule has 0 aliphatic carbocycles. The molecular formula is C15H24N4O2. The maximum atomic E-state index is 11.5. The van der Waals surface area contributed by atoms with Crippen LogP contribution in [0, 0.1) is 0 Å². The molecule has 1 aromatic rings. The normalized spacial score (nSPS) is 23.6. The van der Waals surface area contributed by atoms with Gasteiger partial charge in [0, 0.05) is 31.1 Å². The summed E-state index contributed by atoms with van der Waals surface area (Å²) >= 11 is 0. The third-order valence-corrected chi connectivity index (χ3v) is 4.21. The molecule has 0 amide bonds. The Hall–Kier alpha value is -1.69. The Morgan fingerprint density at radius 2 is 1.90 bits per heavy atom. The molecule has 0 aromatic carbocycles. The Balaban J connectivity index is 2.37. The minimum atomic E-state index is -0.992. The molecule has 6 heteroatoms. The number of carbonyl (C=O) groups is 1. The molecule has 1 aromatic heterocycles. The van der Waals surface area contributed by atoms with E-state index in [1.54, 1.807) is 6.20 Å². The Bertz CT molecular complexity index is 520. The minimum absolute atomic E-state index is 0.109. The highest BCUT2D eigenvalue weighted by atomic mass is 16.4. The highest BCUT2D eigenvalue weighted by molar-refractivity contribution is 5.92. The van der Waals surface area contributed by atoms with Crippen molar-refractivity contribution >= 4 is 11.7 Å². The van der Waals surface area contributed by atoms with E-state index < -0.39 is 5.97 Å². The number of hydrogen-bond donors (Lipinski definition) is 1. The van der Waals surface area contributed by atoms with E-state index in [4.69, 9.17) is 0 Å². The van der Waals surface area contributed by atoms with Gasteiger partial charge in [-0.15, -0.1) is 0 Å². The third-order valence-electron chi connectivity index (χ3n) is 4.21. The van der Waals surface area contributed by atoms with Gasteiger partial charge < -0.3 is 10.0 Å². The molecule has 0 radical (unpaired) electrons. The van der Waals surface area contributed by atoms with E-state index in [9.17, 15) is 9.90 Å². The molecule has 1 saturated heterocycles. The van der Waals surface area contributed by atoms with Crippen molar-refractivity contribution in [2.45, 2.75) is 45.7 Å². The number of carboxylic acid groups (broad SMARTS) is 1. The maximum Gasteiger partial charge on any atom is 0.356 e. The first-order chi connectivity index (χ1) is 9.81. The van der Waals surface area contributed by atoms with Gasteiger partial charge in [0.2, 0.25) is 0 Å². The number of piperazine rings is 1. The summed E-state index contributed by atoms with van der Waals surface area (Å²) in [4.78, 5) is 24.5. The maximum absolute atomic E-state index is 11.5. The summed E-state index contributed by atoms with van der Waals surface area (Å²) in [6, 6.07) is 0.723. The lowest BCUT2D eigenvalue weighted by Gasteiger charge is -2.43. The molecule has 0 bridgehead atoms. The molecule has 1 aliphatic rings. The van der Waals surface area contributed by atoms with Crippen LogP contribution < -0.4 is 4.90 Å². The van der Waals surface area contributed by atoms with Crippen LogP contribution in [0.2, 0.25) is 0 Å². The lowest BCUT2D eigenvalue weighted by Crippen LogP contribution is -2.55. The zero-order chi connectivity index (χ0) is 15.7. The van der Waals surface area contributed by atoms with E-state index in [0.717, 1.165) is 13.1 Å². The second-order valence-electron chi connectivity index (χ2n) is 6.19. The molecule has 21 heavy (non-hydrogen) atoms. The number of nitrogens with zero attached hydrogens (tertiary/aromatic N) is 4. The largest absolute Gasteiger partial charge is 0.476 e. The van der Waals surface area contributed by atoms with Crippen molar-refractivity contribution in [1.29, 1.82) is 0 Å². The zero-order valence-corrected chi connectivity index (χ0v) is 13.4. The van der Waals surface area contributed by atoms with E-state index in [2.05, 4.69) is 40.7 Å². The van der Waals surface area contributed by atoms with Crippen LogP contribution in [0.4, 0.5) is 5.69 Å². The van der Waals surface area contributed by atoms with Crippen LogP contribution in [-0.4, -0.2) is 58.2 Å². The summed E-state index contributed by atoms with van der Waals surface area (Å²) in [7, 11) is 2.10. The molecule has 2 rings (SSSR count). The summed E-state index contributed by atoms with van der Waals surface area (Å²) in [6.07, 6.45) is 1.66. The summed E-state index contributed by atoms with van der Waals surface area (Å²) in [5.41, 5.74) is 0.733. The third kappa shape index (κ3) is 3.15. The van der Waals surface area contributed by atoms with Crippen molar-refractivity contribution in [3.63, 3.8) is 0 Å². The number of hydrogen-bond acceptors (Lipinski definition) is 5. The van der Waals surface area contributed by atoms with Crippen LogP contribution in [-0.2, 0) is 0 Å². The molecule has 0 spiro atoms. The average Bonchev–Trinajstić information content (AvgIpc) is 2.43. The van der Waals surface area contributed by atoms with E-state index in [1.165, 1.54) is 0 Å². The van der Waals surface area contributed by atoms with Gasteiger partial charge in [-0.25, -0.2) is 14.8 Å². The number of aromatic nitrogens is 2. The first-order valence-corrected chi connectivity index (χ1v) is 7.38. The van der Waals surface area contributed by atoms with Gasteiger partial charge in [0.15, 0.2) is 5.69 Å². The van der Waals surface area contributed by atoms with Crippen molar-refractivity contribution in [2.24, 2.45) is 0 Å². The number of rotatable bonds is 3. The lowest BCUT2D eigenvalue weighted by atomic mass is 10.1. The van der Waals surface area contributed by atoms with Gasteiger partial charge in [-0.05, 0) is 20.9 Å². The highest BCUT2D eigenvalue weighted by Gasteiger charge is 2.29. The van der Waals surface area contributed by atoms with Crippen molar-refractivity contribution in [3.8, 4) is 0 Å². The van der Waals surface area contributed by atoms with Gasteiger partial charge in [0.05, 0.1) is 11.9 Å². The molecule has 1 fully saturated rings. The smallest absolute Gasteiger partial charge is 0.356 e. The molecular weight excluding hydrogens is 268 g/mol. The summed E-state index contributed by atoms with van der Waals surface area (Å²) < 4.78 is 0. The van der Waals surface area contributed by atoms with Crippen molar-refractivity contribution < 1.29 is 9.90 Å². The van der Waals surface area contributed by atoms with Crippen molar-refractivity contribution in [3.05, 3.63) is 17.7 Å². The minimum Gasteiger partial charge on any atom is -0.476 e. The van der Waals surface area contributed by atoms with Crippen LogP contribution in [0.3, 0.4) is 0 Å². The summed E-state index contributed by atoms with van der Waals surface area (Å²) in [5, 5.41) is 9.46. The summed E-state index contributed by atoms with van der Waals surface area (Å²) in [6.45, 7) is 9.77. The second-order valence-corrected chi connectivity index (χ2v) is 6.19. The number of likely N-dealkylation sites (N-methyl/N-ethyl adjacent to an activating group) is 1. The standard InChI is InChI=1S/C15H24N4O2/c1-9(2)14-16-6-12(13(17-14)15(20)21)19-7-10(3)18(5)11(4)8-19/h6,9-11H,7-8H2,1-5H3,(H,20,21). The van der Waals surface area contributed by atoms with E-state index in [1.807, 2.05) is 13.8 Å².